The number of carbonyl (C=O) groups excluding carboxylic acids is 3. The molecule has 1 aliphatic heterocycles. The molecular weight excluding hydrogens is 172 g/mol. The molecular formula is C8H12N2O3. The summed E-state index contributed by atoms with van der Waals surface area (Å²) in [6.45, 7) is 0.899. The summed E-state index contributed by atoms with van der Waals surface area (Å²) in [5.74, 6) is -1.55. The number of likely N-dealkylation sites (tertiary alicyclic amines) is 1. The number of carbonyl (C=O) groups is 3. The summed E-state index contributed by atoms with van der Waals surface area (Å²) in [6, 6.07) is 0. The van der Waals surface area contributed by atoms with E-state index in [4.69, 9.17) is 5.73 Å². The summed E-state index contributed by atoms with van der Waals surface area (Å²) >= 11 is 0. The summed E-state index contributed by atoms with van der Waals surface area (Å²) in [6.07, 6.45) is 2.15. The van der Waals surface area contributed by atoms with E-state index in [0.717, 1.165) is 6.29 Å². The van der Waals surface area contributed by atoms with Gasteiger partial charge in [-0.05, 0) is 12.8 Å². The summed E-state index contributed by atoms with van der Waals surface area (Å²) in [5, 5.41) is 0. The van der Waals surface area contributed by atoms with Crippen LogP contribution in [0.15, 0.2) is 0 Å². The molecule has 0 saturated carbocycles. The average Bonchev–Trinajstić information content (AvgIpc) is 2.17. The summed E-state index contributed by atoms with van der Waals surface area (Å²) in [7, 11) is 0. The second kappa shape index (κ2) is 4.02. The normalized spacial score (nSPS) is 18.3. The highest BCUT2D eigenvalue weighted by Crippen LogP contribution is 2.14. The van der Waals surface area contributed by atoms with Crippen LogP contribution in [0.3, 0.4) is 0 Å². The molecule has 1 aliphatic rings. The van der Waals surface area contributed by atoms with Crippen molar-refractivity contribution in [1.82, 2.24) is 4.90 Å². The van der Waals surface area contributed by atoms with E-state index in [2.05, 4.69) is 0 Å². The Hall–Kier alpha value is -1.39. The molecule has 0 aromatic rings. The molecule has 2 amide bonds. The van der Waals surface area contributed by atoms with Gasteiger partial charge in [-0.1, -0.05) is 0 Å². The number of rotatable bonds is 1. The van der Waals surface area contributed by atoms with Crippen LogP contribution < -0.4 is 5.73 Å². The minimum atomic E-state index is -0.926. The van der Waals surface area contributed by atoms with E-state index >= 15 is 0 Å². The molecule has 1 rings (SSSR count). The maximum absolute atomic E-state index is 11.1. The number of amides is 2. The fraction of sp³-hybridized carbons (Fsp3) is 0.625. The van der Waals surface area contributed by atoms with Crippen molar-refractivity contribution in [3.63, 3.8) is 0 Å². The Labute approximate surface area is 75.9 Å². The van der Waals surface area contributed by atoms with Gasteiger partial charge in [0.25, 0.3) is 0 Å². The second-order valence-electron chi connectivity index (χ2n) is 3.13. The molecule has 5 heteroatoms. The highest BCUT2D eigenvalue weighted by Gasteiger charge is 2.24. The first kappa shape index (κ1) is 9.70. The minimum absolute atomic E-state index is 0.0249. The van der Waals surface area contributed by atoms with Crippen molar-refractivity contribution in [2.75, 3.05) is 13.1 Å². The van der Waals surface area contributed by atoms with Crippen LogP contribution in [-0.2, 0) is 14.4 Å². The molecule has 0 aromatic carbocycles. The first-order valence-corrected chi connectivity index (χ1v) is 4.19. The molecule has 72 valence electrons. The summed E-state index contributed by atoms with van der Waals surface area (Å²) in [5.41, 5.74) is 4.83. The number of hydrogen-bond acceptors (Lipinski definition) is 3. The van der Waals surface area contributed by atoms with Crippen molar-refractivity contribution >= 4 is 18.1 Å². The third kappa shape index (κ3) is 2.27. The smallest absolute Gasteiger partial charge is 0.311 e. The van der Waals surface area contributed by atoms with Crippen molar-refractivity contribution in [3.05, 3.63) is 0 Å². The SMILES string of the molecule is NC(=O)C(=O)N1CCC(C=O)CC1. The third-order valence-electron chi connectivity index (χ3n) is 2.23. The predicted molar refractivity (Wildman–Crippen MR) is 44.6 cm³/mol. The Morgan fingerprint density at radius 2 is 1.85 bits per heavy atom. The van der Waals surface area contributed by atoms with Gasteiger partial charge >= 0.3 is 11.8 Å². The molecule has 0 atom stereocenters. The Morgan fingerprint density at radius 3 is 2.23 bits per heavy atom. The van der Waals surface area contributed by atoms with Crippen molar-refractivity contribution in [3.8, 4) is 0 Å². The Morgan fingerprint density at radius 1 is 1.31 bits per heavy atom. The number of nitrogens with two attached hydrogens (primary N) is 1. The molecule has 13 heavy (non-hydrogen) atoms. The topological polar surface area (TPSA) is 80.5 Å². The maximum atomic E-state index is 11.1. The first-order chi connectivity index (χ1) is 6.15. The molecule has 0 aliphatic carbocycles. The maximum Gasteiger partial charge on any atom is 0.311 e. The van der Waals surface area contributed by atoms with Gasteiger partial charge in [0.05, 0.1) is 0 Å². The zero-order valence-corrected chi connectivity index (χ0v) is 7.23. The lowest BCUT2D eigenvalue weighted by Gasteiger charge is -2.28. The van der Waals surface area contributed by atoms with Gasteiger partial charge < -0.3 is 15.4 Å². The molecule has 1 heterocycles. The van der Waals surface area contributed by atoms with E-state index in [-0.39, 0.29) is 5.92 Å². The Kier molecular flexibility index (Phi) is 3.00. The van der Waals surface area contributed by atoms with E-state index in [9.17, 15) is 14.4 Å². The molecule has 0 bridgehead atoms. The fourth-order valence-electron chi connectivity index (χ4n) is 1.39. The van der Waals surface area contributed by atoms with Crippen molar-refractivity contribution in [1.29, 1.82) is 0 Å². The molecule has 0 radical (unpaired) electrons. The molecule has 5 nitrogen and oxygen atoms in total. The van der Waals surface area contributed by atoms with Crippen LogP contribution in [0.5, 0.6) is 0 Å². The summed E-state index contributed by atoms with van der Waals surface area (Å²) < 4.78 is 0. The lowest BCUT2D eigenvalue weighted by Crippen LogP contribution is -2.44. The lowest BCUT2D eigenvalue weighted by molar-refractivity contribution is -0.145. The number of primary amides is 1. The highest BCUT2D eigenvalue weighted by molar-refractivity contribution is 6.34. The average molecular weight is 184 g/mol. The monoisotopic (exact) mass is 184 g/mol. The molecule has 0 aromatic heterocycles. The standard InChI is InChI=1S/C8H12N2O3/c9-7(12)8(13)10-3-1-6(5-11)2-4-10/h5-6H,1-4H2,(H2,9,12). The van der Waals surface area contributed by atoms with Crippen LogP contribution in [0.1, 0.15) is 12.8 Å². The number of nitrogens with zero attached hydrogens (tertiary/aromatic N) is 1. The zero-order chi connectivity index (χ0) is 9.84. The van der Waals surface area contributed by atoms with Crippen molar-refractivity contribution in [2.24, 2.45) is 11.7 Å². The molecule has 0 spiro atoms. The Bertz CT molecular complexity index is 232. The lowest BCUT2D eigenvalue weighted by atomic mass is 9.98. The van der Waals surface area contributed by atoms with E-state index in [1.807, 2.05) is 0 Å². The molecule has 1 fully saturated rings. The van der Waals surface area contributed by atoms with Gasteiger partial charge in [-0.3, -0.25) is 9.59 Å². The van der Waals surface area contributed by atoms with E-state index in [1.54, 1.807) is 0 Å². The largest absolute Gasteiger partial charge is 0.361 e. The van der Waals surface area contributed by atoms with E-state index in [0.29, 0.717) is 25.9 Å². The summed E-state index contributed by atoms with van der Waals surface area (Å²) in [4.78, 5) is 33.3. The van der Waals surface area contributed by atoms with Crippen LogP contribution in [0.25, 0.3) is 0 Å². The minimum Gasteiger partial charge on any atom is -0.361 e. The van der Waals surface area contributed by atoms with Crippen LogP contribution in [0.4, 0.5) is 0 Å². The van der Waals surface area contributed by atoms with Crippen molar-refractivity contribution < 1.29 is 14.4 Å². The highest BCUT2D eigenvalue weighted by atomic mass is 16.2. The number of hydrogen-bond donors (Lipinski definition) is 1. The second-order valence-corrected chi connectivity index (χ2v) is 3.13. The van der Waals surface area contributed by atoms with Crippen LogP contribution in [0.2, 0.25) is 0 Å². The van der Waals surface area contributed by atoms with Gasteiger partial charge in [0.15, 0.2) is 0 Å². The first-order valence-electron chi connectivity index (χ1n) is 4.19. The van der Waals surface area contributed by atoms with Crippen LogP contribution >= 0.6 is 0 Å². The van der Waals surface area contributed by atoms with E-state index < -0.39 is 11.8 Å². The van der Waals surface area contributed by atoms with Gasteiger partial charge in [0, 0.05) is 19.0 Å². The number of aldehydes is 1. The van der Waals surface area contributed by atoms with Gasteiger partial charge in [0.2, 0.25) is 0 Å². The van der Waals surface area contributed by atoms with Crippen LogP contribution in [0, 0.1) is 5.92 Å². The number of piperidine rings is 1. The van der Waals surface area contributed by atoms with Gasteiger partial charge in [-0.2, -0.15) is 0 Å². The Balaban J connectivity index is 2.45. The zero-order valence-electron chi connectivity index (χ0n) is 7.23. The molecule has 1 saturated heterocycles. The van der Waals surface area contributed by atoms with E-state index in [1.165, 1.54) is 4.90 Å². The predicted octanol–water partition coefficient (Wildman–Crippen LogP) is -1.09. The van der Waals surface area contributed by atoms with Gasteiger partial charge in [-0.25, -0.2) is 0 Å². The van der Waals surface area contributed by atoms with Gasteiger partial charge in [0.1, 0.15) is 6.29 Å². The molecule has 0 unspecified atom stereocenters. The fourth-order valence-corrected chi connectivity index (χ4v) is 1.39. The quantitative estimate of drug-likeness (QED) is 0.415. The third-order valence-corrected chi connectivity index (χ3v) is 2.23. The molecule has 2 N–H and O–H groups in total. The van der Waals surface area contributed by atoms with Crippen LogP contribution in [-0.4, -0.2) is 36.1 Å². The van der Waals surface area contributed by atoms with Gasteiger partial charge in [-0.15, -0.1) is 0 Å². The van der Waals surface area contributed by atoms with Crippen molar-refractivity contribution in [2.45, 2.75) is 12.8 Å².